The summed E-state index contributed by atoms with van der Waals surface area (Å²) >= 11 is 0. The molecule has 0 aromatic heterocycles. The van der Waals surface area contributed by atoms with Crippen molar-refractivity contribution < 1.29 is 4.39 Å². The van der Waals surface area contributed by atoms with Crippen LogP contribution in [-0.4, -0.2) is 0 Å². The third kappa shape index (κ3) is 4.92. The Balaban J connectivity index is 2.37. The Morgan fingerprint density at radius 3 is 2.52 bits per heavy atom. The molecule has 1 aliphatic carbocycles. The fourth-order valence-corrected chi connectivity index (χ4v) is 3.08. The van der Waals surface area contributed by atoms with Gasteiger partial charge in [-0.3, -0.25) is 0 Å². The van der Waals surface area contributed by atoms with E-state index in [4.69, 9.17) is 0 Å². The van der Waals surface area contributed by atoms with Crippen molar-refractivity contribution in [2.75, 3.05) is 0 Å². The van der Waals surface area contributed by atoms with Crippen LogP contribution in [-0.2, 0) is 5.41 Å². The molecule has 0 N–H and O–H groups in total. The van der Waals surface area contributed by atoms with Crippen molar-refractivity contribution in [1.29, 1.82) is 0 Å². The van der Waals surface area contributed by atoms with E-state index in [9.17, 15) is 4.39 Å². The van der Waals surface area contributed by atoms with Gasteiger partial charge in [0.25, 0.3) is 0 Å². The van der Waals surface area contributed by atoms with Crippen molar-refractivity contribution in [2.45, 2.75) is 58.3 Å². The van der Waals surface area contributed by atoms with Gasteiger partial charge in [0.2, 0.25) is 0 Å². The summed E-state index contributed by atoms with van der Waals surface area (Å²) in [6, 6.07) is 7.06. The molecule has 1 atom stereocenters. The summed E-state index contributed by atoms with van der Waals surface area (Å²) in [4.78, 5) is 0. The highest BCUT2D eigenvalue weighted by Crippen LogP contribution is 2.43. The maximum Gasteiger partial charge on any atom is 0.123 e. The molecular weight excluding hydrogens is 283 g/mol. The fraction of sp³-hybridized carbons (Fsp3) is 0.455. The molecule has 1 aliphatic rings. The minimum Gasteiger partial charge on any atom is -0.207 e. The van der Waals surface area contributed by atoms with Gasteiger partial charge >= 0.3 is 0 Å². The third-order valence-corrected chi connectivity index (χ3v) is 4.86. The lowest BCUT2D eigenvalue weighted by Gasteiger charge is -2.32. The van der Waals surface area contributed by atoms with E-state index in [-0.39, 0.29) is 11.2 Å². The normalized spacial score (nSPS) is 18.7. The Labute approximate surface area is 140 Å². The number of benzene rings is 1. The lowest BCUT2D eigenvalue weighted by Crippen LogP contribution is -2.24. The molecule has 0 nitrogen and oxygen atoms in total. The molecule has 0 heterocycles. The van der Waals surface area contributed by atoms with Gasteiger partial charge in [0.15, 0.2) is 0 Å². The summed E-state index contributed by atoms with van der Waals surface area (Å²) in [5, 5.41) is 0. The van der Waals surface area contributed by atoms with E-state index >= 15 is 0 Å². The van der Waals surface area contributed by atoms with Gasteiger partial charge in [0, 0.05) is 5.41 Å². The maximum atomic E-state index is 13.4. The summed E-state index contributed by atoms with van der Waals surface area (Å²) in [5.74, 6) is 0.730. The molecule has 1 aromatic carbocycles. The summed E-state index contributed by atoms with van der Waals surface area (Å²) in [6.07, 6.45) is 17.0. The Morgan fingerprint density at radius 1 is 1.26 bits per heavy atom. The van der Waals surface area contributed by atoms with Crippen LogP contribution >= 0.6 is 0 Å². The molecule has 0 bridgehead atoms. The van der Waals surface area contributed by atoms with Gasteiger partial charge in [-0.25, -0.2) is 4.39 Å². The third-order valence-electron chi connectivity index (χ3n) is 4.86. The second-order valence-electron chi connectivity index (χ2n) is 6.78. The van der Waals surface area contributed by atoms with Gasteiger partial charge in [-0.15, -0.1) is 0 Å². The Bertz CT molecular complexity index is 572. The van der Waals surface area contributed by atoms with Crippen molar-refractivity contribution in [1.82, 2.24) is 0 Å². The first-order chi connectivity index (χ1) is 11.1. The van der Waals surface area contributed by atoms with Crippen molar-refractivity contribution in [2.24, 2.45) is 5.92 Å². The second-order valence-corrected chi connectivity index (χ2v) is 6.78. The number of hydrogen-bond acceptors (Lipinski definition) is 0. The molecule has 0 saturated heterocycles. The summed E-state index contributed by atoms with van der Waals surface area (Å²) in [6.45, 7) is 6.50. The molecule has 0 aliphatic heterocycles. The van der Waals surface area contributed by atoms with Crippen LogP contribution in [0.2, 0.25) is 0 Å². The molecule has 23 heavy (non-hydrogen) atoms. The first-order valence-corrected chi connectivity index (χ1v) is 8.86. The van der Waals surface area contributed by atoms with Crippen molar-refractivity contribution >= 4 is 0 Å². The standard InChI is InChI=1S/C22H29F/c1-4-6-7-9-19(8-5-2)22(3,17-16-18-10-11-18)20-12-14-21(23)15-13-20/h5-9,12-15,18H,4,10-11,16-17H2,1-3H3/b7-6+,8-5-,19-9+. The van der Waals surface area contributed by atoms with E-state index in [1.807, 2.05) is 12.1 Å². The molecule has 0 radical (unpaired) electrons. The summed E-state index contributed by atoms with van der Waals surface area (Å²) in [5.41, 5.74) is 2.44. The van der Waals surface area contributed by atoms with Gasteiger partial charge in [-0.2, -0.15) is 0 Å². The van der Waals surface area contributed by atoms with Crippen LogP contribution in [0.1, 0.15) is 58.4 Å². The van der Waals surface area contributed by atoms with E-state index in [1.165, 1.54) is 30.4 Å². The first-order valence-electron chi connectivity index (χ1n) is 8.86. The molecule has 1 unspecified atom stereocenters. The molecule has 1 heteroatoms. The largest absolute Gasteiger partial charge is 0.207 e. The molecule has 0 spiro atoms. The highest BCUT2D eigenvalue weighted by atomic mass is 19.1. The fourth-order valence-electron chi connectivity index (χ4n) is 3.08. The molecule has 124 valence electrons. The van der Waals surface area contributed by atoms with E-state index in [1.54, 1.807) is 12.1 Å². The Morgan fingerprint density at radius 2 is 1.96 bits per heavy atom. The van der Waals surface area contributed by atoms with E-state index in [0.29, 0.717) is 0 Å². The van der Waals surface area contributed by atoms with Crippen LogP contribution in [0.25, 0.3) is 0 Å². The van der Waals surface area contributed by atoms with Gasteiger partial charge in [-0.1, -0.05) is 69.2 Å². The molecule has 1 saturated carbocycles. The monoisotopic (exact) mass is 312 g/mol. The summed E-state index contributed by atoms with van der Waals surface area (Å²) < 4.78 is 13.4. The molecule has 1 aromatic rings. The first kappa shape index (κ1) is 17.7. The predicted octanol–water partition coefficient (Wildman–Crippen LogP) is 6.74. The van der Waals surface area contributed by atoms with Crippen LogP contribution in [0.15, 0.2) is 60.2 Å². The van der Waals surface area contributed by atoms with E-state index < -0.39 is 0 Å². The topological polar surface area (TPSA) is 0 Å². The van der Waals surface area contributed by atoms with Gasteiger partial charge in [0.1, 0.15) is 5.82 Å². The highest BCUT2D eigenvalue weighted by Gasteiger charge is 2.32. The quantitative estimate of drug-likeness (QED) is 0.466. The van der Waals surface area contributed by atoms with Crippen LogP contribution in [0, 0.1) is 11.7 Å². The lowest BCUT2D eigenvalue weighted by molar-refractivity contribution is 0.475. The highest BCUT2D eigenvalue weighted by molar-refractivity contribution is 5.42. The average molecular weight is 312 g/mol. The van der Waals surface area contributed by atoms with Crippen LogP contribution in [0.5, 0.6) is 0 Å². The smallest absolute Gasteiger partial charge is 0.123 e. The zero-order valence-corrected chi connectivity index (χ0v) is 14.7. The van der Waals surface area contributed by atoms with Gasteiger partial charge < -0.3 is 0 Å². The van der Waals surface area contributed by atoms with Gasteiger partial charge in [0.05, 0.1) is 0 Å². The average Bonchev–Trinajstić information content (AvgIpc) is 3.37. The molecule has 1 fully saturated rings. The van der Waals surface area contributed by atoms with Crippen LogP contribution in [0.3, 0.4) is 0 Å². The minimum atomic E-state index is -0.166. The van der Waals surface area contributed by atoms with Crippen molar-refractivity contribution in [3.05, 3.63) is 71.6 Å². The number of halogens is 1. The lowest BCUT2D eigenvalue weighted by atomic mass is 9.71. The second kappa shape index (κ2) is 8.29. The predicted molar refractivity (Wildman–Crippen MR) is 98.0 cm³/mol. The van der Waals surface area contributed by atoms with E-state index in [0.717, 1.165) is 18.8 Å². The Hall–Kier alpha value is -1.63. The maximum absolute atomic E-state index is 13.4. The van der Waals surface area contributed by atoms with Crippen molar-refractivity contribution in [3.63, 3.8) is 0 Å². The Kier molecular flexibility index (Phi) is 6.38. The number of allylic oxidation sites excluding steroid dienone is 6. The van der Waals surface area contributed by atoms with Crippen LogP contribution < -0.4 is 0 Å². The zero-order chi connectivity index (χ0) is 16.7. The summed E-state index contributed by atoms with van der Waals surface area (Å²) in [7, 11) is 0. The molecule has 2 rings (SSSR count). The van der Waals surface area contributed by atoms with Crippen LogP contribution in [0.4, 0.5) is 4.39 Å². The van der Waals surface area contributed by atoms with Gasteiger partial charge in [-0.05, 0) is 55.4 Å². The number of hydrogen-bond donors (Lipinski definition) is 0. The zero-order valence-electron chi connectivity index (χ0n) is 14.7. The van der Waals surface area contributed by atoms with Crippen molar-refractivity contribution in [3.8, 4) is 0 Å². The molecule has 0 amide bonds. The molecular formula is C22H29F. The number of rotatable bonds is 8. The SMILES string of the molecule is C\C=C/C(=C\C=C\CC)C(C)(CCC1CC1)c1ccc(F)cc1. The van der Waals surface area contributed by atoms with E-state index in [2.05, 4.69) is 51.2 Å². The minimum absolute atomic E-state index is 0.0686.